The van der Waals surface area contributed by atoms with Gasteiger partial charge in [-0.05, 0) is 30.7 Å². The summed E-state index contributed by atoms with van der Waals surface area (Å²) in [6, 6.07) is 7.75. The van der Waals surface area contributed by atoms with Crippen molar-refractivity contribution in [2.75, 3.05) is 18.5 Å². The Balaban J connectivity index is 1.51. The number of fused-ring (bicyclic) bond motifs is 2. The number of aromatic nitrogens is 4. The van der Waals surface area contributed by atoms with Crippen molar-refractivity contribution < 1.29 is 9.47 Å². The van der Waals surface area contributed by atoms with Crippen LogP contribution in [0.2, 0.25) is 5.02 Å². The van der Waals surface area contributed by atoms with E-state index in [1.807, 2.05) is 37.4 Å². The molecule has 1 aromatic carbocycles. The van der Waals surface area contributed by atoms with Crippen LogP contribution in [-0.2, 0) is 6.54 Å². The third kappa shape index (κ3) is 3.04. The van der Waals surface area contributed by atoms with Crippen molar-refractivity contribution in [3.05, 3.63) is 52.1 Å². The topological polar surface area (TPSA) is 74.1 Å². The van der Waals surface area contributed by atoms with Crippen LogP contribution in [0.1, 0.15) is 10.4 Å². The van der Waals surface area contributed by atoms with Crippen LogP contribution in [0, 0.1) is 6.92 Å². The van der Waals surface area contributed by atoms with Gasteiger partial charge in [0.25, 0.3) is 5.95 Å². The first-order chi connectivity index (χ1) is 13.7. The van der Waals surface area contributed by atoms with Crippen molar-refractivity contribution in [1.29, 1.82) is 0 Å². The summed E-state index contributed by atoms with van der Waals surface area (Å²) in [7, 11) is 0. The maximum Gasteiger partial charge on any atom is 0.253 e. The van der Waals surface area contributed by atoms with Gasteiger partial charge < -0.3 is 14.8 Å². The highest BCUT2D eigenvalue weighted by atomic mass is 35.5. The molecule has 9 heteroatoms. The van der Waals surface area contributed by atoms with E-state index in [4.69, 9.17) is 21.1 Å². The lowest BCUT2D eigenvalue weighted by Gasteiger charge is -2.19. The third-order valence-corrected chi connectivity index (χ3v) is 6.00. The number of aryl methyl sites for hydroxylation is 1. The molecule has 1 N–H and O–H groups in total. The second-order valence-corrected chi connectivity index (χ2v) is 7.89. The molecule has 1 aliphatic rings. The minimum absolute atomic E-state index is 0.500. The van der Waals surface area contributed by atoms with Gasteiger partial charge in [-0.1, -0.05) is 17.7 Å². The molecule has 0 radical (unpaired) electrons. The van der Waals surface area contributed by atoms with Crippen molar-refractivity contribution in [1.82, 2.24) is 19.7 Å². The summed E-state index contributed by atoms with van der Waals surface area (Å²) in [5.74, 6) is 2.72. The molecule has 0 aliphatic carbocycles. The number of thiophene rings is 1. The predicted octanol–water partition coefficient (Wildman–Crippen LogP) is 4.22. The second-order valence-electron chi connectivity index (χ2n) is 6.31. The zero-order valence-electron chi connectivity index (χ0n) is 15.0. The minimum atomic E-state index is 0.500. The first kappa shape index (κ1) is 17.3. The van der Waals surface area contributed by atoms with Crippen LogP contribution in [0.5, 0.6) is 11.5 Å². The zero-order chi connectivity index (χ0) is 19.1. The molecule has 0 fully saturated rings. The summed E-state index contributed by atoms with van der Waals surface area (Å²) in [4.78, 5) is 11.1. The van der Waals surface area contributed by atoms with Crippen LogP contribution in [0.25, 0.3) is 16.2 Å². The molecular weight excluding hydrogens is 398 g/mol. The predicted molar refractivity (Wildman–Crippen MR) is 109 cm³/mol. The number of nitrogens with zero attached hydrogens (tertiary/aromatic N) is 4. The molecule has 142 valence electrons. The van der Waals surface area contributed by atoms with Gasteiger partial charge in [-0.25, -0.2) is 4.68 Å². The number of rotatable bonds is 4. The quantitative estimate of drug-likeness (QED) is 0.540. The molecule has 0 saturated carbocycles. The molecule has 1 aliphatic heterocycles. The first-order valence-corrected chi connectivity index (χ1v) is 9.97. The number of nitrogens with one attached hydrogen (secondary N) is 1. The monoisotopic (exact) mass is 413 g/mol. The molecule has 5 rings (SSSR count). The van der Waals surface area contributed by atoms with Gasteiger partial charge >= 0.3 is 0 Å². The Labute approximate surface area is 169 Å². The first-order valence-electron chi connectivity index (χ1n) is 8.78. The average Bonchev–Trinajstić information content (AvgIpc) is 3.35. The van der Waals surface area contributed by atoms with E-state index in [1.54, 1.807) is 22.2 Å². The molecule has 3 aromatic heterocycles. The van der Waals surface area contributed by atoms with E-state index in [1.165, 1.54) is 0 Å². The molecule has 0 unspecified atom stereocenters. The van der Waals surface area contributed by atoms with Crippen molar-refractivity contribution in [2.45, 2.75) is 13.5 Å². The molecular formula is C19H16ClN5O2S. The van der Waals surface area contributed by atoms with Crippen LogP contribution in [-0.4, -0.2) is 33.0 Å². The van der Waals surface area contributed by atoms with Crippen LogP contribution in [0.4, 0.5) is 5.82 Å². The van der Waals surface area contributed by atoms with Crippen LogP contribution in [0.15, 0.2) is 36.7 Å². The Morgan fingerprint density at radius 3 is 2.89 bits per heavy atom. The van der Waals surface area contributed by atoms with E-state index in [2.05, 4.69) is 20.4 Å². The Morgan fingerprint density at radius 1 is 1.21 bits per heavy atom. The molecule has 28 heavy (non-hydrogen) atoms. The van der Waals surface area contributed by atoms with E-state index in [-0.39, 0.29) is 0 Å². The Kier molecular flexibility index (Phi) is 4.29. The van der Waals surface area contributed by atoms with Gasteiger partial charge in [-0.3, -0.25) is 0 Å². The smallest absolute Gasteiger partial charge is 0.253 e. The van der Waals surface area contributed by atoms with Crippen LogP contribution < -0.4 is 14.8 Å². The Morgan fingerprint density at radius 2 is 2.07 bits per heavy atom. The number of hydrogen-bond acceptors (Lipinski definition) is 7. The normalized spacial score (nSPS) is 13.1. The van der Waals surface area contributed by atoms with E-state index in [0.717, 1.165) is 32.2 Å². The van der Waals surface area contributed by atoms with Crippen molar-refractivity contribution in [3.63, 3.8) is 0 Å². The Hall–Kier alpha value is -2.84. The highest BCUT2D eigenvalue weighted by molar-refractivity contribution is 7.19. The molecule has 0 bridgehead atoms. The average molecular weight is 414 g/mol. The lowest BCUT2D eigenvalue weighted by Crippen LogP contribution is -2.15. The van der Waals surface area contributed by atoms with Gasteiger partial charge in [-0.15, -0.1) is 11.3 Å². The highest BCUT2D eigenvalue weighted by Gasteiger charge is 2.17. The number of hydrogen-bond donors (Lipinski definition) is 1. The highest BCUT2D eigenvalue weighted by Crippen LogP contribution is 2.38. The summed E-state index contributed by atoms with van der Waals surface area (Å²) < 4.78 is 12.9. The van der Waals surface area contributed by atoms with Crippen LogP contribution in [0.3, 0.4) is 0 Å². The summed E-state index contributed by atoms with van der Waals surface area (Å²) in [5, 5.41) is 9.14. The fraction of sp³-hybridized carbons (Fsp3) is 0.211. The van der Waals surface area contributed by atoms with Crippen molar-refractivity contribution in [2.24, 2.45) is 0 Å². The third-order valence-electron chi connectivity index (χ3n) is 4.42. The molecule has 4 aromatic rings. The molecule has 0 atom stereocenters. The Bertz CT molecular complexity index is 1160. The van der Waals surface area contributed by atoms with Gasteiger partial charge in [0, 0.05) is 23.8 Å². The maximum absolute atomic E-state index is 6.53. The van der Waals surface area contributed by atoms with E-state index in [0.29, 0.717) is 36.5 Å². The second kappa shape index (κ2) is 6.96. The van der Waals surface area contributed by atoms with E-state index >= 15 is 0 Å². The molecule has 0 spiro atoms. The lowest BCUT2D eigenvalue weighted by molar-refractivity contribution is 0.171. The van der Waals surface area contributed by atoms with Gasteiger partial charge in [-0.2, -0.15) is 15.1 Å². The number of anilines is 1. The number of benzene rings is 1. The molecule has 0 amide bonds. The van der Waals surface area contributed by atoms with Crippen molar-refractivity contribution >= 4 is 39.0 Å². The van der Waals surface area contributed by atoms with Gasteiger partial charge in [0.1, 0.15) is 23.9 Å². The van der Waals surface area contributed by atoms with Crippen molar-refractivity contribution in [3.8, 4) is 17.4 Å². The zero-order valence-corrected chi connectivity index (χ0v) is 16.5. The SMILES string of the molecule is Cc1sc2nc(-n3cccn3)nc(NCc3ccc4c(c3)OCCO4)c2c1Cl. The summed E-state index contributed by atoms with van der Waals surface area (Å²) in [5.41, 5.74) is 1.06. The fourth-order valence-corrected chi connectivity index (χ4v) is 4.33. The summed E-state index contributed by atoms with van der Waals surface area (Å²) in [6.45, 7) is 3.68. The fourth-order valence-electron chi connectivity index (χ4n) is 3.07. The largest absolute Gasteiger partial charge is 0.486 e. The van der Waals surface area contributed by atoms with E-state index in [9.17, 15) is 0 Å². The summed E-state index contributed by atoms with van der Waals surface area (Å²) >= 11 is 8.08. The number of halogens is 1. The lowest BCUT2D eigenvalue weighted by atomic mass is 10.2. The molecule has 4 heterocycles. The van der Waals surface area contributed by atoms with Gasteiger partial charge in [0.15, 0.2) is 11.5 Å². The summed E-state index contributed by atoms with van der Waals surface area (Å²) in [6.07, 6.45) is 3.51. The standard InChI is InChI=1S/C19H16ClN5O2S/c1-11-16(20)15-17(23-19(24-18(15)28-11)25-6-2-5-22-25)21-10-12-3-4-13-14(9-12)27-8-7-26-13/h2-6,9H,7-8,10H2,1H3,(H,21,23,24). The van der Waals surface area contributed by atoms with Crippen LogP contribution >= 0.6 is 22.9 Å². The minimum Gasteiger partial charge on any atom is -0.486 e. The number of ether oxygens (including phenoxy) is 2. The molecule has 0 saturated heterocycles. The maximum atomic E-state index is 6.53. The molecule has 7 nitrogen and oxygen atoms in total. The van der Waals surface area contributed by atoms with Gasteiger partial charge in [0.05, 0.1) is 10.4 Å². The van der Waals surface area contributed by atoms with Gasteiger partial charge in [0.2, 0.25) is 0 Å². The van der Waals surface area contributed by atoms with E-state index < -0.39 is 0 Å².